The molecular formula is C21H17ClN4O2. The molecule has 1 aliphatic heterocycles. The van der Waals surface area contributed by atoms with E-state index in [-0.39, 0.29) is 11.5 Å². The molecule has 28 heavy (non-hydrogen) atoms. The Balaban J connectivity index is 1.83. The van der Waals surface area contributed by atoms with Gasteiger partial charge in [0.2, 0.25) is 0 Å². The van der Waals surface area contributed by atoms with Gasteiger partial charge in [-0.15, -0.1) is 0 Å². The minimum atomic E-state index is -0.188. The molecule has 5 rings (SSSR count). The summed E-state index contributed by atoms with van der Waals surface area (Å²) in [4.78, 5) is 22.5. The monoisotopic (exact) mass is 392 g/mol. The lowest BCUT2D eigenvalue weighted by Gasteiger charge is -2.27. The second-order valence-electron chi connectivity index (χ2n) is 6.84. The summed E-state index contributed by atoms with van der Waals surface area (Å²) in [7, 11) is 1.84. The molecule has 140 valence electrons. The zero-order chi connectivity index (χ0) is 19.3. The molecular weight excluding hydrogens is 376 g/mol. The number of halogens is 1. The van der Waals surface area contributed by atoms with Crippen LogP contribution >= 0.6 is 11.6 Å². The third-order valence-electron chi connectivity index (χ3n) is 5.12. The van der Waals surface area contributed by atoms with Gasteiger partial charge in [-0.25, -0.2) is 9.97 Å². The van der Waals surface area contributed by atoms with E-state index in [0.717, 1.165) is 17.7 Å². The molecule has 2 aromatic heterocycles. The zero-order valence-corrected chi connectivity index (χ0v) is 15.9. The van der Waals surface area contributed by atoms with Crippen molar-refractivity contribution in [3.8, 4) is 11.4 Å². The van der Waals surface area contributed by atoms with Gasteiger partial charge in [0.15, 0.2) is 11.2 Å². The Morgan fingerprint density at radius 2 is 1.93 bits per heavy atom. The van der Waals surface area contributed by atoms with Gasteiger partial charge in [0.1, 0.15) is 11.6 Å². The van der Waals surface area contributed by atoms with Crippen molar-refractivity contribution >= 4 is 22.8 Å². The number of hydrogen-bond acceptors (Lipinski definition) is 4. The minimum Gasteiger partial charge on any atom is -0.493 e. The van der Waals surface area contributed by atoms with Crippen LogP contribution in [0.2, 0.25) is 5.02 Å². The Morgan fingerprint density at radius 1 is 1.14 bits per heavy atom. The number of imidazole rings is 1. The molecule has 1 unspecified atom stereocenters. The van der Waals surface area contributed by atoms with E-state index in [9.17, 15) is 4.79 Å². The van der Waals surface area contributed by atoms with Crippen LogP contribution in [0.3, 0.4) is 0 Å². The Hall–Kier alpha value is -3.12. The van der Waals surface area contributed by atoms with Crippen molar-refractivity contribution in [3.63, 3.8) is 0 Å². The highest BCUT2D eigenvalue weighted by Gasteiger charge is 2.29. The van der Waals surface area contributed by atoms with E-state index in [1.165, 1.54) is 0 Å². The maximum Gasteiger partial charge on any atom is 0.286 e. The van der Waals surface area contributed by atoms with E-state index < -0.39 is 0 Å². The van der Waals surface area contributed by atoms with Crippen LogP contribution in [0.25, 0.3) is 16.9 Å². The Bertz CT molecular complexity index is 1240. The molecule has 0 amide bonds. The second kappa shape index (κ2) is 6.49. The molecule has 1 aliphatic rings. The fourth-order valence-corrected chi connectivity index (χ4v) is 3.88. The minimum absolute atomic E-state index is 0.0624. The van der Waals surface area contributed by atoms with Crippen LogP contribution in [0.15, 0.2) is 59.7 Å². The third-order valence-corrected chi connectivity index (χ3v) is 5.37. The van der Waals surface area contributed by atoms with Gasteiger partial charge in [-0.1, -0.05) is 29.8 Å². The van der Waals surface area contributed by atoms with E-state index in [0.29, 0.717) is 34.3 Å². The number of hydrogen-bond donors (Lipinski definition) is 0. The van der Waals surface area contributed by atoms with Crippen molar-refractivity contribution in [2.24, 2.45) is 7.05 Å². The molecule has 0 saturated carbocycles. The first kappa shape index (κ1) is 17.0. The quantitative estimate of drug-likeness (QED) is 0.522. The van der Waals surface area contributed by atoms with Crippen LogP contribution < -0.4 is 10.3 Å². The van der Waals surface area contributed by atoms with Gasteiger partial charge in [0, 0.05) is 23.6 Å². The van der Waals surface area contributed by atoms with Crippen LogP contribution in [-0.4, -0.2) is 25.7 Å². The summed E-state index contributed by atoms with van der Waals surface area (Å²) in [6.45, 7) is 0.571. The van der Waals surface area contributed by atoms with E-state index in [2.05, 4.69) is 4.98 Å². The molecule has 0 radical (unpaired) electrons. The first-order valence-corrected chi connectivity index (χ1v) is 9.43. The predicted molar refractivity (Wildman–Crippen MR) is 108 cm³/mol. The lowest BCUT2D eigenvalue weighted by Crippen LogP contribution is -2.28. The highest BCUT2D eigenvalue weighted by Crippen LogP contribution is 2.37. The van der Waals surface area contributed by atoms with Crippen molar-refractivity contribution in [1.29, 1.82) is 0 Å². The Labute approximate surface area is 166 Å². The van der Waals surface area contributed by atoms with Crippen LogP contribution in [0.5, 0.6) is 5.75 Å². The van der Waals surface area contributed by atoms with Crippen LogP contribution in [0.4, 0.5) is 0 Å². The fraction of sp³-hybridized carbons (Fsp3) is 0.190. The first-order chi connectivity index (χ1) is 13.6. The van der Waals surface area contributed by atoms with Crippen LogP contribution in [0.1, 0.15) is 23.7 Å². The molecule has 2 aromatic carbocycles. The normalized spacial score (nSPS) is 16.0. The molecule has 0 N–H and O–H groups in total. The summed E-state index contributed by atoms with van der Waals surface area (Å²) in [5.41, 5.74) is 2.49. The molecule has 1 atom stereocenters. The fourth-order valence-electron chi connectivity index (χ4n) is 3.76. The largest absolute Gasteiger partial charge is 0.493 e. The summed E-state index contributed by atoms with van der Waals surface area (Å²) < 4.78 is 9.24. The van der Waals surface area contributed by atoms with E-state index >= 15 is 0 Å². The van der Waals surface area contributed by atoms with Crippen LogP contribution in [0, 0.1) is 0 Å². The number of aryl methyl sites for hydroxylation is 1. The van der Waals surface area contributed by atoms with Crippen molar-refractivity contribution in [1.82, 2.24) is 19.1 Å². The van der Waals surface area contributed by atoms with E-state index in [4.69, 9.17) is 21.3 Å². The number of nitrogens with zero attached hydrogens (tertiary/aromatic N) is 4. The zero-order valence-electron chi connectivity index (χ0n) is 15.2. The lowest BCUT2D eigenvalue weighted by molar-refractivity contribution is 0.273. The predicted octanol–water partition coefficient (Wildman–Crippen LogP) is 3.69. The van der Waals surface area contributed by atoms with E-state index in [1.54, 1.807) is 27.6 Å². The van der Waals surface area contributed by atoms with Gasteiger partial charge in [-0.05, 0) is 36.8 Å². The summed E-state index contributed by atoms with van der Waals surface area (Å²) in [5, 5.41) is 0.613. The number of benzene rings is 2. The first-order valence-electron chi connectivity index (χ1n) is 9.05. The second-order valence-corrected chi connectivity index (χ2v) is 7.28. The highest BCUT2D eigenvalue weighted by molar-refractivity contribution is 6.30. The third kappa shape index (κ3) is 2.60. The Kier molecular flexibility index (Phi) is 3.94. The number of ether oxygens (including phenoxy) is 1. The van der Waals surface area contributed by atoms with Crippen LogP contribution in [-0.2, 0) is 7.05 Å². The van der Waals surface area contributed by atoms with Gasteiger partial charge in [0.25, 0.3) is 5.56 Å². The smallest absolute Gasteiger partial charge is 0.286 e. The Morgan fingerprint density at radius 3 is 2.75 bits per heavy atom. The molecule has 7 heteroatoms. The highest BCUT2D eigenvalue weighted by atomic mass is 35.5. The summed E-state index contributed by atoms with van der Waals surface area (Å²) in [6.07, 6.45) is 2.35. The molecule has 0 bridgehead atoms. The van der Waals surface area contributed by atoms with E-state index in [1.807, 2.05) is 43.4 Å². The summed E-state index contributed by atoms with van der Waals surface area (Å²) in [5.74, 6) is 1.45. The van der Waals surface area contributed by atoms with Gasteiger partial charge >= 0.3 is 0 Å². The molecule has 4 aromatic rings. The van der Waals surface area contributed by atoms with Crippen molar-refractivity contribution < 1.29 is 4.74 Å². The van der Waals surface area contributed by atoms with Gasteiger partial charge in [0.05, 0.1) is 18.6 Å². The molecule has 3 heterocycles. The standard InChI is InChI=1S/C21H17ClN4O2/c1-25-12-23-18-20(25)24-19(16-10-11-28-17-5-3-2-4-15(16)17)26(21(18)27)14-8-6-13(22)7-9-14/h2-9,12,16H,10-11H2,1H3. The number of fused-ring (bicyclic) bond motifs is 2. The lowest BCUT2D eigenvalue weighted by atomic mass is 9.92. The molecule has 0 fully saturated rings. The molecule has 0 aliphatic carbocycles. The number of rotatable bonds is 2. The average molecular weight is 393 g/mol. The maximum atomic E-state index is 13.4. The molecule has 6 nitrogen and oxygen atoms in total. The number of para-hydroxylation sites is 1. The molecule has 0 spiro atoms. The average Bonchev–Trinajstić information content (AvgIpc) is 3.09. The van der Waals surface area contributed by atoms with Gasteiger partial charge in [-0.2, -0.15) is 0 Å². The van der Waals surface area contributed by atoms with Crippen molar-refractivity contribution in [2.75, 3.05) is 6.61 Å². The van der Waals surface area contributed by atoms with Gasteiger partial charge in [-0.3, -0.25) is 9.36 Å². The summed E-state index contributed by atoms with van der Waals surface area (Å²) >= 11 is 6.06. The maximum absolute atomic E-state index is 13.4. The SMILES string of the molecule is Cn1cnc2c(=O)n(-c3ccc(Cl)cc3)c(C3CCOc4ccccc43)nc21. The van der Waals surface area contributed by atoms with Crippen molar-refractivity contribution in [2.45, 2.75) is 12.3 Å². The van der Waals surface area contributed by atoms with Crippen molar-refractivity contribution in [3.05, 3.63) is 81.6 Å². The summed E-state index contributed by atoms with van der Waals surface area (Å²) in [6, 6.07) is 15.1. The number of aromatic nitrogens is 4. The topological polar surface area (TPSA) is 61.9 Å². The van der Waals surface area contributed by atoms with Gasteiger partial charge < -0.3 is 9.30 Å². The molecule has 0 saturated heterocycles.